The van der Waals surface area contributed by atoms with E-state index in [1.54, 1.807) is 0 Å². The number of amides is 1. The van der Waals surface area contributed by atoms with E-state index in [0.717, 1.165) is 16.9 Å². The number of hydrogen-bond acceptors (Lipinski definition) is 3. The molecule has 20 heavy (non-hydrogen) atoms. The molecule has 2 rings (SSSR count). The third-order valence-electron chi connectivity index (χ3n) is 2.96. The number of aromatic nitrogens is 2. The van der Waals surface area contributed by atoms with Crippen LogP contribution in [0.15, 0.2) is 24.3 Å². The van der Waals surface area contributed by atoms with Gasteiger partial charge in [-0.15, -0.1) is 24.8 Å². The Morgan fingerprint density at radius 2 is 2.05 bits per heavy atom. The van der Waals surface area contributed by atoms with Crippen LogP contribution in [-0.4, -0.2) is 22.0 Å². The number of nitrogens with two attached hydrogens (primary N) is 1. The molecule has 2 aromatic rings. The van der Waals surface area contributed by atoms with Gasteiger partial charge in [-0.3, -0.25) is 4.79 Å². The minimum Gasteiger partial charge on any atom is -0.346 e. The van der Waals surface area contributed by atoms with Gasteiger partial charge in [0.2, 0.25) is 5.91 Å². The van der Waals surface area contributed by atoms with Crippen molar-refractivity contribution in [2.45, 2.75) is 19.4 Å². The van der Waals surface area contributed by atoms with E-state index in [0.29, 0.717) is 13.0 Å². The second-order valence-corrected chi connectivity index (χ2v) is 4.35. The number of nitrogens with zero attached hydrogens (tertiary/aromatic N) is 2. The number of nitrogens with one attached hydrogen (secondary N) is 1. The molecule has 1 amide bonds. The van der Waals surface area contributed by atoms with E-state index in [2.05, 4.69) is 10.3 Å². The predicted molar refractivity (Wildman–Crippen MR) is 85.4 cm³/mol. The molecular formula is C13H20Cl2N4O. The van der Waals surface area contributed by atoms with Crippen LogP contribution in [0.4, 0.5) is 0 Å². The molecule has 1 heterocycles. The van der Waals surface area contributed by atoms with Crippen molar-refractivity contribution in [2.75, 3.05) is 6.54 Å². The lowest BCUT2D eigenvalue weighted by atomic mass is 10.3. The van der Waals surface area contributed by atoms with Crippen molar-refractivity contribution in [3.8, 4) is 0 Å². The molecule has 5 nitrogen and oxygen atoms in total. The smallest absolute Gasteiger partial charge is 0.221 e. The fourth-order valence-corrected chi connectivity index (χ4v) is 2.06. The van der Waals surface area contributed by atoms with Gasteiger partial charge < -0.3 is 15.6 Å². The Balaban J connectivity index is 0.00000180. The Morgan fingerprint density at radius 3 is 2.65 bits per heavy atom. The molecule has 0 saturated heterocycles. The predicted octanol–water partition coefficient (Wildman–Crippen LogP) is 1.94. The molecule has 1 aromatic heterocycles. The Kier molecular flexibility index (Phi) is 7.57. The second kappa shape index (κ2) is 8.09. The molecule has 0 radical (unpaired) electrons. The molecule has 3 N–H and O–H groups in total. The first kappa shape index (κ1) is 18.7. The van der Waals surface area contributed by atoms with E-state index < -0.39 is 0 Å². The number of rotatable bonds is 4. The van der Waals surface area contributed by atoms with Gasteiger partial charge in [-0.2, -0.15) is 0 Å². The molecule has 1 unspecified atom stereocenters. The zero-order chi connectivity index (χ0) is 13.1. The van der Waals surface area contributed by atoms with E-state index in [1.807, 2.05) is 42.8 Å². The molecule has 0 fully saturated rings. The molecule has 7 heteroatoms. The van der Waals surface area contributed by atoms with Crippen LogP contribution in [0.5, 0.6) is 0 Å². The summed E-state index contributed by atoms with van der Waals surface area (Å²) in [6.45, 7) is 2.29. The lowest BCUT2D eigenvalue weighted by Crippen LogP contribution is -2.29. The van der Waals surface area contributed by atoms with Crippen LogP contribution in [-0.2, 0) is 11.8 Å². The third kappa shape index (κ3) is 3.85. The SMILES string of the molecule is CC(NC(=O)CCN)c1nc2ccccc2n1C.Cl.Cl. The van der Waals surface area contributed by atoms with Crippen LogP contribution < -0.4 is 11.1 Å². The zero-order valence-corrected chi connectivity index (χ0v) is 13.1. The standard InChI is InChI=1S/C13H18N4O.2ClH/c1-9(15-12(18)7-8-14)13-16-10-5-3-4-6-11(10)17(13)2;;/h3-6,9H,7-8,14H2,1-2H3,(H,15,18);2*1H. The van der Waals surface area contributed by atoms with Gasteiger partial charge in [-0.25, -0.2) is 4.98 Å². The highest BCUT2D eigenvalue weighted by Gasteiger charge is 2.15. The normalized spacial score (nSPS) is 11.3. The average molecular weight is 319 g/mol. The summed E-state index contributed by atoms with van der Waals surface area (Å²) in [6.07, 6.45) is 0.342. The Morgan fingerprint density at radius 1 is 1.40 bits per heavy atom. The summed E-state index contributed by atoms with van der Waals surface area (Å²) in [5.74, 6) is 0.804. The van der Waals surface area contributed by atoms with Crippen molar-refractivity contribution >= 4 is 41.8 Å². The summed E-state index contributed by atoms with van der Waals surface area (Å²) in [7, 11) is 1.95. The quantitative estimate of drug-likeness (QED) is 0.904. The molecule has 1 aromatic carbocycles. The first-order chi connectivity index (χ1) is 8.63. The highest BCUT2D eigenvalue weighted by atomic mass is 35.5. The van der Waals surface area contributed by atoms with Crippen molar-refractivity contribution in [1.82, 2.24) is 14.9 Å². The number of imidazole rings is 1. The maximum Gasteiger partial charge on any atom is 0.221 e. The highest BCUT2D eigenvalue weighted by Crippen LogP contribution is 2.18. The maximum absolute atomic E-state index is 11.5. The van der Waals surface area contributed by atoms with Crippen LogP contribution >= 0.6 is 24.8 Å². The summed E-state index contributed by atoms with van der Waals surface area (Å²) < 4.78 is 2.00. The zero-order valence-electron chi connectivity index (χ0n) is 11.5. The Hall–Kier alpha value is -1.30. The lowest BCUT2D eigenvalue weighted by Gasteiger charge is -2.13. The van der Waals surface area contributed by atoms with Gasteiger partial charge in [-0.1, -0.05) is 12.1 Å². The van der Waals surface area contributed by atoms with E-state index >= 15 is 0 Å². The first-order valence-corrected chi connectivity index (χ1v) is 6.04. The van der Waals surface area contributed by atoms with Crippen molar-refractivity contribution in [1.29, 1.82) is 0 Å². The number of aryl methyl sites for hydroxylation is 1. The summed E-state index contributed by atoms with van der Waals surface area (Å²) >= 11 is 0. The van der Waals surface area contributed by atoms with Crippen molar-refractivity contribution in [3.63, 3.8) is 0 Å². The fourth-order valence-electron chi connectivity index (χ4n) is 2.06. The fraction of sp³-hybridized carbons (Fsp3) is 0.385. The first-order valence-electron chi connectivity index (χ1n) is 6.04. The van der Waals surface area contributed by atoms with Crippen molar-refractivity contribution in [3.05, 3.63) is 30.1 Å². The summed E-state index contributed by atoms with van der Waals surface area (Å²) in [5.41, 5.74) is 7.36. The Bertz CT molecular complexity index is 570. The third-order valence-corrected chi connectivity index (χ3v) is 2.96. The van der Waals surface area contributed by atoms with E-state index in [1.165, 1.54) is 0 Å². The van der Waals surface area contributed by atoms with Crippen molar-refractivity contribution < 1.29 is 4.79 Å². The number of halogens is 2. The van der Waals surface area contributed by atoms with Gasteiger partial charge in [0.1, 0.15) is 5.82 Å². The highest BCUT2D eigenvalue weighted by molar-refractivity contribution is 5.85. The van der Waals surface area contributed by atoms with Crippen LogP contribution in [0.1, 0.15) is 25.2 Å². The molecule has 1 atom stereocenters. The molecule has 0 spiro atoms. The Labute approximate surface area is 130 Å². The monoisotopic (exact) mass is 318 g/mol. The van der Waals surface area contributed by atoms with Gasteiger partial charge in [0, 0.05) is 20.0 Å². The number of para-hydroxylation sites is 2. The molecule has 0 aliphatic rings. The second-order valence-electron chi connectivity index (χ2n) is 4.35. The van der Waals surface area contributed by atoms with E-state index in [9.17, 15) is 4.79 Å². The largest absolute Gasteiger partial charge is 0.346 e. The van der Waals surface area contributed by atoms with E-state index in [-0.39, 0.29) is 36.8 Å². The van der Waals surface area contributed by atoms with Gasteiger partial charge >= 0.3 is 0 Å². The van der Waals surface area contributed by atoms with E-state index in [4.69, 9.17) is 5.73 Å². The molecule has 112 valence electrons. The van der Waals surface area contributed by atoms with Gasteiger partial charge in [0.25, 0.3) is 0 Å². The number of carbonyl (C=O) groups is 1. The molecule has 0 aliphatic heterocycles. The topological polar surface area (TPSA) is 72.9 Å². The number of fused-ring (bicyclic) bond motifs is 1. The van der Waals surface area contributed by atoms with Gasteiger partial charge in [0.05, 0.1) is 17.1 Å². The van der Waals surface area contributed by atoms with Crippen LogP contribution in [0.3, 0.4) is 0 Å². The van der Waals surface area contributed by atoms with Crippen LogP contribution in [0, 0.1) is 0 Å². The molecule has 0 saturated carbocycles. The number of hydrogen-bond donors (Lipinski definition) is 2. The van der Waals surface area contributed by atoms with Crippen LogP contribution in [0.2, 0.25) is 0 Å². The van der Waals surface area contributed by atoms with Gasteiger partial charge in [-0.05, 0) is 19.1 Å². The maximum atomic E-state index is 11.5. The minimum atomic E-state index is -0.124. The lowest BCUT2D eigenvalue weighted by molar-refractivity contribution is -0.121. The van der Waals surface area contributed by atoms with Gasteiger partial charge in [0.15, 0.2) is 0 Å². The number of carbonyl (C=O) groups excluding carboxylic acids is 1. The average Bonchev–Trinajstić information content (AvgIpc) is 2.68. The number of benzene rings is 1. The summed E-state index contributed by atoms with van der Waals surface area (Å²) in [4.78, 5) is 16.1. The summed E-state index contributed by atoms with van der Waals surface area (Å²) in [6, 6.07) is 7.79. The van der Waals surface area contributed by atoms with Crippen molar-refractivity contribution in [2.24, 2.45) is 12.8 Å². The molecular weight excluding hydrogens is 299 g/mol. The molecule has 0 bridgehead atoms. The summed E-state index contributed by atoms with van der Waals surface area (Å²) in [5, 5.41) is 2.90. The van der Waals surface area contributed by atoms with Crippen LogP contribution in [0.25, 0.3) is 11.0 Å². The minimum absolute atomic E-state index is 0. The molecule has 0 aliphatic carbocycles.